The Kier molecular flexibility index (Phi) is 3.93. The first-order valence-electron chi connectivity index (χ1n) is 4.37. The van der Waals surface area contributed by atoms with Crippen molar-refractivity contribution >= 4 is 11.6 Å². The molecule has 1 N–H and O–H groups in total. The van der Waals surface area contributed by atoms with Crippen molar-refractivity contribution in [3.05, 3.63) is 23.8 Å². The maximum absolute atomic E-state index is 12.7. The largest absolute Gasteiger partial charge is 0.493 e. The number of aliphatic hydroxyl groups is 1. The second-order valence-electron chi connectivity index (χ2n) is 3.06. The van der Waals surface area contributed by atoms with Crippen molar-refractivity contribution < 1.29 is 23.4 Å². The van der Waals surface area contributed by atoms with Gasteiger partial charge in [0.25, 0.3) is 0 Å². The molecular weight excluding hydrogens is 242 g/mol. The van der Waals surface area contributed by atoms with Crippen molar-refractivity contribution in [3.63, 3.8) is 0 Å². The summed E-state index contributed by atoms with van der Waals surface area (Å²) in [6.45, 7) is 0. The van der Waals surface area contributed by atoms with Crippen LogP contribution in [-0.2, 0) is 0 Å². The van der Waals surface area contributed by atoms with Crippen LogP contribution in [0.2, 0.25) is 0 Å². The van der Waals surface area contributed by atoms with Gasteiger partial charge in [-0.25, -0.2) is 0 Å². The first-order chi connectivity index (χ1) is 7.40. The van der Waals surface area contributed by atoms with Crippen LogP contribution >= 0.6 is 11.6 Å². The van der Waals surface area contributed by atoms with E-state index in [0.717, 1.165) is 0 Å². The molecule has 1 rings (SSSR count). The Morgan fingerprint density at radius 1 is 1.25 bits per heavy atom. The van der Waals surface area contributed by atoms with Crippen LogP contribution in [-0.4, -0.2) is 24.7 Å². The van der Waals surface area contributed by atoms with Gasteiger partial charge in [0.05, 0.1) is 14.2 Å². The van der Waals surface area contributed by atoms with Crippen molar-refractivity contribution in [2.75, 3.05) is 14.2 Å². The fourth-order valence-corrected chi connectivity index (χ4v) is 1.34. The lowest BCUT2D eigenvalue weighted by Crippen LogP contribution is -2.18. The van der Waals surface area contributed by atoms with Crippen LogP contribution in [0.4, 0.5) is 8.78 Å². The third-order valence-corrected chi connectivity index (χ3v) is 2.24. The molecule has 0 aliphatic rings. The van der Waals surface area contributed by atoms with Crippen LogP contribution in [0.15, 0.2) is 18.2 Å². The lowest BCUT2D eigenvalue weighted by Gasteiger charge is -2.17. The first kappa shape index (κ1) is 13.0. The molecular formula is C10H11ClF2O3. The molecule has 16 heavy (non-hydrogen) atoms. The molecule has 0 heterocycles. The molecule has 1 atom stereocenters. The fourth-order valence-electron chi connectivity index (χ4n) is 1.21. The highest BCUT2D eigenvalue weighted by atomic mass is 35.5. The van der Waals surface area contributed by atoms with Crippen molar-refractivity contribution in [1.82, 2.24) is 0 Å². The predicted octanol–water partition coefficient (Wildman–Crippen LogP) is 2.57. The van der Waals surface area contributed by atoms with Crippen molar-refractivity contribution in [3.8, 4) is 11.5 Å². The number of methoxy groups -OCH3 is 2. The van der Waals surface area contributed by atoms with E-state index in [9.17, 15) is 13.9 Å². The van der Waals surface area contributed by atoms with Gasteiger partial charge in [-0.15, -0.1) is 0 Å². The topological polar surface area (TPSA) is 38.7 Å². The third-order valence-electron chi connectivity index (χ3n) is 2.03. The molecule has 0 amide bonds. The molecule has 1 unspecified atom stereocenters. The van der Waals surface area contributed by atoms with E-state index < -0.39 is 11.5 Å². The molecule has 0 aliphatic carbocycles. The third kappa shape index (κ3) is 2.74. The van der Waals surface area contributed by atoms with Crippen molar-refractivity contribution in [1.29, 1.82) is 0 Å². The molecule has 0 saturated heterocycles. The number of benzene rings is 1. The zero-order valence-electron chi connectivity index (χ0n) is 8.71. The summed E-state index contributed by atoms with van der Waals surface area (Å²) in [5, 5.41) is 5.54. The molecule has 0 radical (unpaired) electrons. The van der Waals surface area contributed by atoms with Crippen LogP contribution in [0.1, 0.15) is 11.7 Å². The molecule has 1 aromatic rings. The zero-order valence-corrected chi connectivity index (χ0v) is 9.46. The summed E-state index contributed by atoms with van der Waals surface area (Å²) in [7, 11) is 2.79. The standard InChI is InChI=1S/C10H11ClF2O3/c1-15-7-4-3-6(5-8(7)16-2)9(14)10(11,12)13/h3-5,9,14H,1-2H3. The molecule has 6 heteroatoms. The van der Waals surface area contributed by atoms with Crippen LogP contribution in [0, 0.1) is 0 Å². The van der Waals surface area contributed by atoms with Gasteiger partial charge in [0.15, 0.2) is 17.6 Å². The Morgan fingerprint density at radius 3 is 2.25 bits per heavy atom. The Labute approximate surface area is 96.5 Å². The van der Waals surface area contributed by atoms with Crippen LogP contribution < -0.4 is 9.47 Å². The van der Waals surface area contributed by atoms with E-state index >= 15 is 0 Å². The highest BCUT2D eigenvalue weighted by Crippen LogP contribution is 2.38. The maximum atomic E-state index is 12.7. The first-order valence-corrected chi connectivity index (χ1v) is 4.74. The van der Waals surface area contributed by atoms with Gasteiger partial charge in [-0.05, 0) is 29.3 Å². The highest BCUT2D eigenvalue weighted by Gasteiger charge is 2.37. The molecule has 0 fully saturated rings. The smallest absolute Gasteiger partial charge is 0.351 e. The van der Waals surface area contributed by atoms with Gasteiger partial charge in [-0.1, -0.05) is 6.07 Å². The molecule has 0 aliphatic heterocycles. The molecule has 0 aromatic heterocycles. The molecule has 0 spiro atoms. The Bertz CT molecular complexity index is 366. The SMILES string of the molecule is COc1ccc(C(O)C(F)(F)Cl)cc1OC. The molecule has 3 nitrogen and oxygen atoms in total. The summed E-state index contributed by atoms with van der Waals surface area (Å²) in [5.74, 6) is 0.635. The highest BCUT2D eigenvalue weighted by molar-refractivity contribution is 6.22. The Hall–Kier alpha value is -1.07. The minimum absolute atomic E-state index is 0.0438. The van der Waals surface area contributed by atoms with Crippen molar-refractivity contribution in [2.24, 2.45) is 0 Å². The molecule has 1 aromatic carbocycles. The molecule has 90 valence electrons. The summed E-state index contributed by atoms with van der Waals surface area (Å²) in [6, 6.07) is 3.96. The summed E-state index contributed by atoms with van der Waals surface area (Å²) in [4.78, 5) is 0. The average Bonchev–Trinajstić information content (AvgIpc) is 2.25. The second-order valence-corrected chi connectivity index (χ2v) is 3.56. The lowest BCUT2D eigenvalue weighted by molar-refractivity contribution is -0.0425. The summed E-state index contributed by atoms with van der Waals surface area (Å²) >= 11 is 4.73. The van der Waals surface area contributed by atoms with Crippen LogP contribution in [0.25, 0.3) is 0 Å². The van der Waals surface area contributed by atoms with Crippen LogP contribution in [0.3, 0.4) is 0 Å². The van der Waals surface area contributed by atoms with E-state index in [2.05, 4.69) is 0 Å². The second kappa shape index (κ2) is 4.84. The maximum Gasteiger partial charge on any atom is 0.351 e. The Balaban J connectivity index is 3.08. The predicted molar refractivity (Wildman–Crippen MR) is 55.3 cm³/mol. The number of hydrogen-bond donors (Lipinski definition) is 1. The van der Waals surface area contributed by atoms with E-state index in [1.165, 1.54) is 32.4 Å². The van der Waals surface area contributed by atoms with Gasteiger partial charge in [0.1, 0.15) is 0 Å². The van der Waals surface area contributed by atoms with Gasteiger partial charge in [-0.2, -0.15) is 8.78 Å². The van der Waals surface area contributed by atoms with E-state index in [1.807, 2.05) is 0 Å². The van der Waals surface area contributed by atoms with E-state index in [4.69, 9.17) is 21.1 Å². The number of alkyl halides is 3. The van der Waals surface area contributed by atoms with Gasteiger partial charge in [0.2, 0.25) is 0 Å². The van der Waals surface area contributed by atoms with Gasteiger partial charge < -0.3 is 14.6 Å². The minimum Gasteiger partial charge on any atom is -0.493 e. The van der Waals surface area contributed by atoms with E-state index in [0.29, 0.717) is 5.75 Å². The lowest BCUT2D eigenvalue weighted by atomic mass is 10.1. The summed E-state index contributed by atoms with van der Waals surface area (Å²) in [5.41, 5.74) is -0.0438. The summed E-state index contributed by atoms with van der Waals surface area (Å²) in [6.07, 6.45) is -2.09. The fraction of sp³-hybridized carbons (Fsp3) is 0.400. The minimum atomic E-state index is -3.72. The monoisotopic (exact) mass is 252 g/mol. The van der Waals surface area contributed by atoms with Gasteiger partial charge >= 0.3 is 5.38 Å². The quantitative estimate of drug-likeness (QED) is 0.837. The van der Waals surface area contributed by atoms with E-state index in [1.54, 1.807) is 0 Å². The Morgan fingerprint density at radius 2 is 1.81 bits per heavy atom. The van der Waals surface area contributed by atoms with E-state index in [-0.39, 0.29) is 11.3 Å². The number of ether oxygens (including phenoxy) is 2. The zero-order chi connectivity index (χ0) is 12.3. The van der Waals surface area contributed by atoms with Gasteiger partial charge in [0, 0.05) is 0 Å². The van der Waals surface area contributed by atoms with Crippen molar-refractivity contribution in [2.45, 2.75) is 11.5 Å². The number of halogens is 3. The molecule has 0 saturated carbocycles. The van der Waals surface area contributed by atoms with Crippen LogP contribution in [0.5, 0.6) is 11.5 Å². The number of rotatable bonds is 4. The number of aliphatic hydroxyl groups excluding tert-OH is 1. The summed E-state index contributed by atoms with van der Waals surface area (Å²) < 4.78 is 35.2. The number of hydrogen-bond acceptors (Lipinski definition) is 3. The van der Waals surface area contributed by atoms with Gasteiger partial charge in [-0.3, -0.25) is 0 Å². The average molecular weight is 253 g/mol. The molecule has 0 bridgehead atoms. The normalized spacial score (nSPS) is 13.4.